The van der Waals surface area contributed by atoms with Gasteiger partial charge in [0.2, 0.25) is 0 Å². The molecule has 1 heterocycles. The van der Waals surface area contributed by atoms with E-state index in [-0.39, 0.29) is 11.6 Å². The second-order valence-corrected chi connectivity index (χ2v) is 5.44. The van der Waals surface area contributed by atoms with Crippen molar-refractivity contribution in [1.29, 1.82) is 0 Å². The molecule has 118 valence electrons. The van der Waals surface area contributed by atoms with E-state index in [1.807, 2.05) is 25.1 Å². The number of carbonyl (C=O) groups excluding carboxylic acids is 1. The van der Waals surface area contributed by atoms with Gasteiger partial charge in [-0.3, -0.25) is 14.9 Å². The van der Waals surface area contributed by atoms with Gasteiger partial charge in [0.25, 0.3) is 11.6 Å². The summed E-state index contributed by atoms with van der Waals surface area (Å²) in [6, 6.07) is 13.7. The van der Waals surface area contributed by atoms with E-state index in [0.717, 1.165) is 12.1 Å². The van der Waals surface area contributed by atoms with Gasteiger partial charge in [-0.2, -0.15) is 0 Å². The molecule has 0 fully saturated rings. The van der Waals surface area contributed by atoms with E-state index in [1.54, 1.807) is 23.1 Å². The van der Waals surface area contributed by atoms with E-state index in [9.17, 15) is 14.9 Å². The van der Waals surface area contributed by atoms with Gasteiger partial charge in [-0.25, -0.2) is 0 Å². The number of hydrogen-bond acceptors (Lipinski definition) is 4. The van der Waals surface area contributed by atoms with Gasteiger partial charge in [-0.05, 0) is 18.6 Å². The minimum absolute atomic E-state index is 0.0204. The van der Waals surface area contributed by atoms with E-state index in [4.69, 9.17) is 0 Å². The molecule has 2 aromatic rings. The van der Waals surface area contributed by atoms with Crippen LogP contribution in [-0.4, -0.2) is 22.3 Å². The predicted molar refractivity (Wildman–Crippen MR) is 87.2 cm³/mol. The van der Waals surface area contributed by atoms with Gasteiger partial charge in [-0.15, -0.1) is 0 Å². The molecule has 0 bridgehead atoms. The average Bonchev–Trinajstić information content (AvgIpc) is 2.57. The fraction of sp³-hybridized carbons (Fsp3) is 0.235. The van der Waals surface area contributed by atoms with Crippen molar-refractivity contribution in [3.63, 3.8) is 0 Å². The van der Waals surface area contributed by atoms with Gasteiger partial charge in [-0.1, -0.05) is 31.2 Å². The Labute approximate surface area is 133 Å². The Morgan fingerprint density at radius 1 is 1.22 bits per heavy atom. The van der Waals surface area contributed by atoms with Crippen LogP contribution in [0, 0.1) is 10.1 Å². The van der Waals surface area contributed by atoms with Crippen LogP contribution in [0.1, 0.15) is 35.4 Å². The molecule has 1 aliphatic heterocycles. The molecule has 0 aromatic heterocycles. The lowest BCUT2D eigenvalue weighted by molar-refractivity contribution is -0.384. The first-order valence-electron chi connectivity index (χ1n) is 7.52. The summed E-state index contributed by atoms with van der Waals surface area (Å²) in [4.78, 5) is 25.1. The van der Waals surface area contributed by atoms with Gasteiger partial charge in [0.15, 0.2) is 0 Å². The Balaban J connectivity index is 2.04. The first-order chi connectivity index (χ1) is 11.1. The molecule has 2 aromatic carbocycles. The second kappa shape index (κ2) is 6.08. The molecule has 1 N–H and O–H groups in total. The average molecular weight is 311 g/mol. The number of carbonyl (C=O) groups is 1. The van der Waals surface area contributed by atoms with E-state index in [0.29, 0.717) is 17.7 Å². The van der Waals surface area contributed by atoms with Crippen molar-refractivity contribution in [1.82, 2.24) is 4.90 Å². The molecule has 6 heteroatoms. The lowest BCUT2D eigenvalue weighted by Crippen LogP contribution is -2.43. The van der Waals surface area contributed by atoms with Crippen molar-refractivity contribution in [2.45, 2.75) is 19.5 Å². The van der Waals surface area contributed by atoms with Crippen molar-refractivity contribution in [2.24, 2.45) is 0 Å². The summed E-state index contributed by atoms with van der Waals surface area (Å²) in [6.07, 6.45) is 0.401. The van der Waals surface area contributed by atoms with E-state index in [2.05, 4.69) is 5.32 Å². The summed E-state index contributed by atoms with van der Waals surface area (Å²) < 4.78 is 0. The number of rotatable bonds is 4. The van der Waals surface area contributed by atoms with Gasteiger partial charge >= 0.3 is 0 Å². The molecule has 0 aliphatic carbocycles. The minimum atomic E-state index is -0.424. The van der Waals surface area contributed by atoms with Crippen LogP contribution in [0.3, 0.4) is 0 Å². The van der Waals surface area contributed by atoms with Crippen LogP contribution in [-0.2, 0) is 0 Å². The number of benzene rings is 2. The summed E-state index contributed by atoms with van der Waals surface area (Å²) in [6.45, 7) is 2.58. The van der Waals surface area contributed by atoms with E-state index >= 15 is 0 Å². The number of anilines is 1. The monoisotopic (exact) mass is 311 g/mol. The number of para-hydroxylation sites is 1. The number of nitrogens with zero attached hydrogens (tertiary/aromatic N) is 2. The molecule has 3 rings (SSSR count). The van der Waals surface area contributed by atoms with Crippen LogP contribution in [0.15, 0.2) is 48.5 Å². The second-order valence-electron chi connectivity index (χ2n) is 5.44. The van der Waals surface area contributed by atoms with Gasteiger partial charge in [0.05, 0.1) is 10.5 Å². The lowest BCUT2D eigenvalue weighted by Gasteiger charge is -2.38. The molecule has 0 radical (unpaired) electrons. The van der Waals surface area contributed by atoms with Crippen molar-refractivity contribution in [3.05, 3.63) is 69.8 Å². The SMILES string of the molecule is CCCN1C(=O)c2ccccc2N[C@@H]1c1cccc([N+](=O)[O-])c1. The molecule has 1 atom stereocenters. The first-order valence-corrected chi connectivity index (χ1v) is 7.52. The molecule has 0 saturated heterocycles. The van der Waals surface area contributed by atoms with Crippen LogP contribution >= 0.6 is 0 Å². The van der Waals surface area contributed by atoms with Gasteiger partial charge in [0.1, 0.15) is 6.17 Å². The molecule has 0 unspecified atom stereocenters. The zero-order valence-corrected chi connectivity index (χ0v) is 12.7. The van der Waals surface area contributed by atoms with Crippen molar-refractivity contribution in [2.75, 3.05) is 11.9 Å². The molecule has 1 amide bonds. The highest BCUT2D eigenvalue weighted by Gasteiger charge is 2.32. The zero-order chi connectivity index (χ0) is 16.4. The Kier molecular flexibility index (Phi) is 3.97. The van der Waals surface area contributed by atoms with Crippen molar-refractivity contribution >= 4 is 17.3 Å². The highest BCUT2D eigenvalue weighted by molar-refractivity contribution is 6.01. The van der Waals surface area contributed by atoms with Crippen LogP contribution < -0.4 is 5.32 Å². The largest absolute Gasteiger partial charge is 0.361 e. The maximum Gasteiger partial charge on any atom is 0.269 e. The smallest absolute Gasteiger partial charge is 0.269 e. The highest BCUT2D eigenvalue weighted by atomic mass is 16.6. The Morgan fingerprint density at radius 2 is 2.00 bits per heavy atom. The number of fused-ring (bicyclic) bond motifs is 1. The van der Waals surface area contributed by atoms with Crippen LogP contribution in [0.25, 0.3) is 0 Å². The fourth-order valence-electron chi connectivity index (χ4n) is 2.84. The minimum Gasteiger partial charge on any atom is -0.361 e. The summed E-state index contributed by atoms with van der Waals surface area (Å²) in [5.74, 6) is -0.0577. The molecule has 0 spiro atoms. The zero-order valence-electron chi connectivity index (χ0n) is 12.7. The third-order valence-corrected chi connectivity index (χ3v) is 3.88. The third-order valence-electron chi connectivity index (χ3n) is 3.88. The third kappa shape index (κ3) is 2.75. The Hall–Kier alpha value is -2.89. The standard InChI is InChI=1S/C17H17N3O3/c1-2-10-19-16(12-6-5-7-13(11-12)20(22)23)18-15-9-4-3-8-14(15)17(19)21/h3-9,11,16,18H,2,10H2,1H3/t16-/m0/s1. The molecule has 23 heavy (non-hydrogen) atoms. The maximum absolute atomic E-state index is 12.8. The number of hydrogen-bond donors (Lipinski definition) is 1. The first kappa shape index (κ1) is 15.0. The molecular formula is C17H17N3O3. The number of amides is 1. The normalized spacial score (nSPS) is 16.7. The summed E-state index contributed by atoms with van der Waals surface area (Å²) in [5.41, 5.74) is 2.10. The Morgan fingerprint density at radius 3 is 2.74 bits per heavy atom. The van der Waals surface area contributed by atoms with Crippen molar-refractivity contribution in [3.8, 4) is 0 Å². The maximum atomic E-state index is 12.8. The number of non-ortho nitro benzene ring substituents is 1. The molecule has 1 aliphatic rings. The highest BCUT2D eigenvalue weighted by Crippen LogP contribution is 2.34. The number of nitro benzene ring substituents is 1. The molecule has 6 nitrogen and oxygen atoms in total. The van der Waals surface area contributed by atoms with Crippen LogP contribution in [0.5, 0.6) is 0 Å². The Bertz CT molecular complexity index is 760. The van der Waals surface area contributed by atoms with Crippen LogP contribution in [0.2, 0.25) is 0 Å². The van der Waals surface area contributed by atoms with Crippen molar-refractivity contribution < 1.29 is 9.72 Å². The summed E-state index contributed by atoms with van der Waals surface area (Å²) in [5, 5.41) is 14.3. The van der Waals surface area contributed by atoms with E-state index in [1.165, 1.54) is 12.1 Å². The summed E-state index contributed by atoms with van der Waals surface area (Å²) >= 11 is 0. The molecular weight excluding hydrogens is 294 g/mol. The van der Waals surface area contributed by atoms with Gasteiger partial charge < -0.3 is 10.2 Å². The number of nitrogens with one attached hydrogen (secondary N) is 1. The van der Waals surface area contributed by atoms with Crippen LogP contribution in [0.4, 0.5) is 11.4 Å². The summed E-state index contributed by atoms with van der Waals surface area (Å²) in [7, 11) is 0. The van der Waals surface area contributed by atoms with Gasteiger partial charge in [0, 0.05) is 29.9 Å². The fourth-order valence-corrected chi connectivity index (χ4v) is 2.84. The predicted octanol–water partition coefficient (Wildman–Crippen LogP) is 3.57. The topological polar surface area (TPSA) is 75.5 Å². The quantitative estimate of drug-likeness (QED) is 0.692. The number of nitro groups is 1. The lowest BCUT2D eigenvalue weighted by atomic mass is 10.0. The van der Waals surface area contributed by atoms with E-state index < -0.39 is 11.1 Å². The molecule has 0 saturated carbocycles.